The zero-order valence-corrected chi connectivity index (χ0v) is 30.3. The molecule has 6 rings (SSSR count). The first-order valence-corrected chi connectivity index (χ1v) is 19.3. The van der Waals surface area contributed by atoms with E-state index in [0.29, 0.717) is 17.2 Å². The minimum atomic E-state index is -4.22. The molecule has 1 aliphatic carbocycles. The molecule has 9 heteroatoms. The van der Waals surface area contributed by atoms with E-state index in [1.54, 1.807) is 47.4 Å². The Labute approximate surface area is 307 Å². The largest absolute Gasteiger partial charge is 0.457 e. The number of sulfonamides is 1. The van der Waals surface area contributed by atoms with E-state index in [4.69, 9.17) is 4.74 Å². The number of aryl methyl sites for hydroxylation is 1. The van der Waals surface area contributed by atoms with Gasteiger partial charge in [0.2, 0.25) is 11.8 Å². The van der Waals surface area contributed by atoms with Gasteiger partial charge in [0.15, 0.2) is 0 Å². The molecule has 2 amide bonds. The number of rotatable bonds is 14. The van der Waals surface area contributed by atoms with E-state index < -0.39 is 28.5 Å². The molecule has 52 heavy (non-hydrogen) atoms. The Bertz CT molecular complexity index is 2000. The lowest BCUT2D eigenvalue weighted by molar-refractivity contribution is -0.140. The standard InChI is InChI=1S/C43H45N3O5S/c1-33-22-24-35(25-23-33)31-45(41(30-34-14-6-2-7-15-34)43(48)44-36-16-8-3-9-17-36)42(47)32-46(52(49,50)40-20-12-5-13-21-40)37-26-28-39(29-27-37)51-38-18-10-4-11-19-38/h2,4-7,10-15,18-29,36,41H,3,8-9,16-17,30-32H2,1H3,(H,44,48)/t41-/m0/s1. The van der Waals surface area contributed by atoms with Crippen LogP contribution in [0.15, 0.2) is 144 Å². The van der Waals surface area contributed by atoms with Gasteiger partial charge in [0, 0.05) is 19.0 Å². The number of hydrogen-bond acceptors (Lipinski definition) is 5. The van der Waals surface area contributed by atoms with Crippen LogP contribution in [-0.2, 0) is 32.6 Å². The van der Waals surface area contributed by atoms with Crippen molar-refractivity contribution in [2.45, 2.75) is 69.0 Å². The molecule has 5 aromatic rings. The highest BCUT2D eigenvalue weighted by Gasteiger charge is 2.35. The molecule has 0 spiro atoms. The molecule has 0 heterocycles. The van der Waals surface area contributed by atoms with E-state index in [9.17, 15) is 18.0 Å². The van der Waals surface area contributed by atoms with Crippen LogP contribution in [0.3, 0.4) is 0 Å². The van der Waals surface area contributed by atoms with Crippen LogP contribution < -0.4 is 14.4 Å². The summed E-state index contributed by atoms with van der Waals surface area (Å²) in [6.07, 6.45) is 5.28. The second-order valence-corrected chi connectivity index (χ2v) is 15.2. The number of benzene rings is 5. The third-order valence-corrected chi connectivity index (χ3v) is 11.2. The molecule has 5 aromatic carbocycles. The van der Waals surface area contributed by atoms with Crippen molar-refractivity contribution in [3.05, 3.63) is 156 Å². The minimum absolute atomic E-state index is 0.0300. The molecule has 268 valence electrons. The van der Waals surface area contributed by atoms with Gasteiger partial charge in [-0.25, -0.2) is 8.42 Å². The summed E-state index contributed by atoms with van der Waals surface area (Å²) in [6, 6.07) is 40.6. The second-order valence-electron chi connectivity index (χ2n) is 13.3. The van der Waals surface area contributed by atoms with Gasteiger partial charge in [-0.15, -0.1) is 0 Å². The van der Waals surface area contributed by atoms with Crippen LogP contribution >= 0.6 is 0 Å². The molecule has 0 radical (unpaired) electrons. The van der Waals surface area contributed by atoms with Gasteiger partial charge >= 0.3 is 0 Å². The van der Waals surface area contributed by atoms with E-state index in [0.717, 1.165) is 53.1 Å². The van der Waals surface area contributed by atoms with E-state index in [1.807, 2.05) is 91.9 Å². The van der Waals surface area contributed by atoms with Crippen molar-refractivity contribution in [1.29, 1.82) is 0 Å². The van der Waals surface area contributed by atoms with Crippen molar-refractivity contribution in [3.63, 3.8) is 0 Å². The lowest BCUT2D eigenvalue weighted by atomic mass is 9.94. The molecular weight excluding hydrogens is 671 g/mol. The maximum Gasteiger partial charge on any atom is 0.264 e. The van der Waals surface area contributed by atoms with Gasteiger partial charge in [-0.2, -0.15) is 0 Å². The summed E-state index contributed by atoms with van der Waals surface area (Å²) in [7, 11) is -4.22. The van der Waals surface area contributed by atoms with Crippen molar-refractivity contribution in [3.8, 4) is 11.5 Å². The van der Waals surface area contributed by atoms with Gasteiger partial charge < -0.3 is 15.0 Å². The number of carbonyl (C=O) groups excluding carboxylic acids is 2. The number of amides is 2. The normalized spacial score (nSPS) is 13.9. The molecule has 8 nitrogen and oxygen atoms in total. The second kappa shape index (κ2) is 17.2. The van der Waals surface area contributed by atoms with Crippen LogP contribution in [0, 0.1) is 6.92 Å². The molecule has 0 saturated heterocycles. The number of ether oxygens (including phenoxy) is 1. The van der Waals surface area contributed by atoms with Gasteiger partial charge in [0.25, 0.3) is 10.0 Å². The maximum atomic E-state index is 14.8. The fourth-order valence-electron chi connectivity index (χ4n) is 6.54. The van der Waals surface area contributed by atoms with Crippen molar-refractivity contribution >= 4 is 27.5 Å². The Balaban J connectivity index is 1.37. The highest BCUT2D eigenvalue weighted by Crippen LogP contribution is 2.29. The summed E-state index contributed by atoms with van der Waals surface area (Å²) >= 11 is 0. The summed E-state index contributed by atoms with van der Waals surface area (Å²) in [5.74, 6) is 0.420. The topological polar surface area (TPSA) is 96.0 Å². The lowest BCUT2D eigenvalue weighted by Gasteiger charge is -2.35. The fourth-order valence-corrected chi connectivity index (χ4v) is 7.98. The molecule has 1 fully saturated rings. The first kappa shape index (κ1) is 36.4. The number of anilines is 1. The molecule has 1 saturated carbocycles. The van der Waals surface area contributed by atoms with Gasteiger partial charge in [-0.1, -0.05) is 116 Å². The van der Waals surface area contributed by atoms with Crippen molar-refractivity contribution in [2.24, 2.45) is 0 Å². The van der Waals surface area contributed by atoms with E-state index in [2.05, 4.69) is 5.32 Å². The predicted octanol–water partition coefficient (Wildman–Crippen LogP) is 8.07. The first-order valence-electron chi connectivity index (χ1n) is 17.9. The van der Waals surface area contributed by atoms with Crippen LogP contribution in [0.4, 0.5) is 5.69 Å². The quantitative estimate of drug-likeness (QED) is 0.126. The first-order chi connectivity index (χ1) is 25.3. The van der Waals surface area contributed by atoms with Crippen LogP contribution in [-0.4, -0.2) is 43.8 Å². The molecule has 0 bridgehead atoms. The van der Waals surface area contributed by atoms with Gasteiger partial charge in [0.05, 0.1) is 10.6 Å². The Hall–Kier alpha value is -5.41. The Kier molecular flexibility index (Phi) is 12.0. The predicted molar refractivity (Wildman–Crippen MR) is 205 cm³/mol. The molecule has 0 aliphatic heterocycles. The monoisotopic (exact) mass is 715 g/mol. The van der Waals surface area contributed by atoms with Crippen LogP contribution in [0.5, 0.6) is 11.5 Å². The SMILES string of the molecule is Cc1ccc(CN(C(=O)CN(c2ccc(Oc3ccccc3)cc2)S(=O)(=O)c2ccccc2)[C@@H](Cc2ccccc2)C(=O)NC2CCCCC2)cc1. The molecule has 1 atom stereocenters. The molecule has 0 aromatic heterocycles. The van der Waals surface area contributed by atoms with Crippen LogP contribution in [0.1, 0.15) is 48.8 Å². The average molecular weight is 716 g/mol. The van der Waals surface area contributed by atoms with Crippen molar-refractivity contribution < 1.29 is 22.7 Å². The van der Waals surface area contributed by atoms with Crippen molar-refractivity contribution in [2.75, 3.05) is 10.8 Å². The summed E-state index contributed by atoms with van der Waals surface area (Å²) in [4.78, 5) is 30.7. The molecule has 1 N–H and O–H groups in total. The maximum absolute atomic E-state index is 14.8. The number of para-hydroxylation sites is 1. The van der Waals surface area contributed by atoms with Crippen LogP contribution in [0.2, 0.25) is 0 Å². The van der Waals surface area contributed by atoms with Gasteiger partial charge in [-0.05, 0) is 79.4 Å². The summed E-state index contributed by atoms with van der Waals surface area (Å²) in [5.41, 5.74) is 3.09. The number of carbonyl (C=O) groups is 2. The summed E-state index contributed by atoms with van der Waals surface area (Å²) < 4.78 is 35.8. The van der Waals surface area contributed by atoms with Gasteiger partial charge in [0.1, 0.15) is 24.1 Å². The number of nitrogens with one attached hydrogen (secondary N) is 1. The Morgan fingerprint density at radius 2 is 1.29 bits per heavy atom. The zero-order chi connectivity index (χ0) is 36.3. The van der Waals surface area contributed by atoms with E-state index >= 15 is 0 Å². The zero-order valence-electron chi connectivity index (χ0n) is 29.4. The highest BCUT2D eigenvalue weighted by atomic mass is 32.2. The lowest BCUT2D eigenvalue weighted by Crippen LogP contribution is -2.55. The molecule has 1 aliphatic rings. The number of hydrogen-bond donors (Lipinski definition) is 1. The fraction of sp³-hybridized carbons (Fsp3) is 0.256. The Morgan fingerprint density at radius 3 is 1.92 bits per heavy atom. The summed E-state index contributed by atoms with van der Waals surface area (Å²) in [5, 5.41) is 3.26. The van der Waals surface area contributed by atoms with Crippen molar-refractivity contribution in [1.82, 2.24) is 10.2 Å². The van der Waals surface area contributed by atoms with Crippen LogP contribution in [0.25, 0.3) is 0 Å². The van der Waals surface area contributed by atoms with E-state index in [-0.39, 0.29) is 29.8 Å². The smallest absolute Gasteiger partial charge is 0.264 e. The highest BCUT2D eigenvalue weighted by molar-refractivity contribution is 7.92. The average Bonchev–Trinajstić information content (AvgIpc) is 3.18. The molecule has 0 unspecified atom stereocenters. The van der Waals surface area contributed by atoms with E-state index in [1.165, 1.54) is 12.1 Å². The third-order valence-electron chi connectivity index (χ3n) is 9.41. The third kappa shape index (κ3) is 9.47. The minimum Gasteiger partial charge on any atom is -0.457 e. The molecular formula is C43H45N3O5S. The van der Waals surface area contributed by atoms with Gasteiger partial charge in [-0.3, -0.25) is 13.9 Å². The Morgan fingerprint density at radius 1 is 0.712 bits per heavy atom. The number of nitrogens with zero attached hydrogens (tertiary/aromatic N) is 2. The summed E-state index contributed by atoms with van der Waals surface area (Å²) in [6.45, 7) is 1.59.